The Balaban J connectivity index is 1.58. The second-order valence-corrected chi connectivity index (χ2v) is 6.74. The molecule has 2 N–H and O–H groups in total. The number of rotatable bonds is 3. The van der Waals surface area contributed by atoms with Crippen LogP contribution in [-0.2, 0) is 9.53 Å². The van der Waals surface area contributed by atoms with E-state index in [2.05, 4.69) is 10.6 Å². The lowest BCUT2D eigenvalue weighted by molar-refractivity contribution is -0.127. The fraction of sp³-hybridized carbons (Fsp3) is 0.467. The summed E-state index contributed by atoms with van der Waals surface area (Å²) < 4.78 is 5.62. The lowest BCUT2D eigenvalue weighted by Crippen LogP contribution is -2.44. The lowest BCUT2D eigenvalue weighted by atomic mass is 10.0. The molecule has 4 heterocycles. The van der Waals surface area contributed by atoms with Crippen LogP contribution < -0.4 is 10.6 Å². The molecule has 0 radical (unpaired) electrons. The summed E-state index contributed by atoms with van der Waals surface area (Å²) in [5.41, 5.74) is 1.39. The molecule has 0 spiro atoms. The van der Waals surface area contributed by atoms with Gasteiger partial charge in [-0.2, -0.15) is 0 Å². The Hall–Kier alpha value is -1.86. The maximum absolute atomic E-state index is 12.8. The minimum absolute atomic E-state index is 0.00333. The maximum atomic E-state index is 12.8. The topological polar surface area (TPSA) is 70.7 Å². The highest BCUT2D eigenvalue weighted by atomic mass is 32.1. The molecule has 22 heavy (non-hydrogen) atoms. The molecule has 3 amide bonds. The first-order valence-corrected chi connectivity index (χ1v) is 8.35. The molecule has 6 nitrogen and oxygen atoms in total. The molecule has 1 aromatic rings. The van der Waals surface area contributed by atoms with Crippen LogP contribution in [-0.4, -0.2) is 42.6 Å². The zero-order valence-corrected chi connectivity index (χ0v) is 12.8. The number of nitrogens with one attached hydrogen (secondary N) is 2. The summed E-state index contributed by atoms with van der Waals surface area (Å²) in [6.45, 7) is 1.83. The van der Waals surface area contributed by atoms with Crippen LogP contribution in [0.25, 0.3) is 0 Å². The number of thiophene rings is 1. The van der Waals surface area contributed by atoms with E-state index in [1.807, 2.05) is 17.5 Å². The van der Waals surface area contributed by atoms with Gasteiger partial charge in [-0.3, -0.25) is 4.79 Å². The third-order valence-electron chi connectivity index (χ3n) is 4.30. The summed E-state index contributed by atoms with van der Waals surface area (Å²) in [6.07, 6.45) is 2.16. The SMILES string of the molecule is O=C1NC2=C(C(=O)N(C[C@@H]3CCCO3)C2)[C@H](c2cccs2)N1. The molecule has 0 unspecified atom stereocenters. The molecule has 0 bridgehead atoms. The van der Waals surface area contributed by atoms with Crippen molar-refractivity contribution < 1.29 is 14.3 Å². The summed E-state index contributed by atoms with van der Waals surface area (Å²) in [6, 6.07) is 3.29. The fourth-order valence-electron chi connectivity index (χ4n) is 3.28. The Morgan fingerprint density at radius 2 is 2.32 bits per heavy atom. The van der Waals surface area contributed by atoms with Gasteiger partial charge in [-0.25, -0.2) is 4.79 Å². The first-order valence-electron chi connectivity index (χ1n) is 7.47. The van der Waals surface area contributed by atoms with E-state index in [4.69, 9.17) is 4.74 Å². The molecule has 3 aliphatic heterocycles. The van der Waals surface area contributed by atoms with Gasteiger partial charge >= 0.3 is 6.03 Å². The minimum atomic E-state index is -0.342. The Morgan fingerprint density at radius 3 is 3.05 bits per heavy atom. The van der Waals surface area contributed by atoms with E-state index in [1.54, 1.807) is 16.2 Å². The number of nitrogens with zero attached hydrogens (tertiary/aromatic N) is 1. The molecule has 1 saturated heterocycles. The van der Waals surface area contributed by atoms with E-state index >= 15 is 0 Å². The van der Waals surface area contributed by atoms with Crippen molar-refractivity contribution in [2.24, 2.45) is 0 Å². The van der Waals surface area contributed by atoms with E-state index < -0.39 is 0 Å². The molecule has 1 fully saturated rings. The van der Waals surface area contributed by atoms with Gasteiger partial charge in [0.2, 0.25) is 0 Å². The number of amides is 3. The molecule has 0 aliphatic carbocycles. The Labute approximate surface area is 132 Å². The highest BCUT2D eigenvalue weighted by Crippen LogP contribution is 2.34. The monoisotopic (exact) mass is 319 g/mol. The molecule has 0 aromatic carbocycles. The number of carbonyl (C=O) groups is 2. The van der Waals surface area contributed by atoms with Crippen molar-refractivity contribution in [3.05, 3.63) is 33.7 Å². The normalized spacial score (nSPS) is 27.9. The van der Waals surface area contributed by atoms with Crippen molar-refractivity contribution >= 4 is 23.3 Å². The van der Waals surface area contributed by atoms with Gasteiger partial charge in [0.15, 0.2) is 0 Å². The first kappa shape index (κ1) is 13.8. The van der Waals surface area contributed by atoms with Gasteiger partial charge in [0, 0.05) is 18.0 Å². The van der Waals surface area contributed by atoms with Gasteiger partial charge in [-0.15, -0.1) is 11.3 Å². The van der Waals surface area contributed by atoms with Crippen LogP contribution >= 0.6 is 11.3 Å². The molecule has 0 saturated carbocycles. The Bertz CT molecular complexity index is 634. The average Bonchev–Trinajstić information content (AvgIpc) is 3.22. The van der Waals surface area contributed by atoms with Crippen molar-refractivity contribution in [2.45, 2.75) is 25.0 Å². The van der Waals surface area contributed by atoms with E-state index in [1.165, 1.54) is 0 Å². The number of urea groups is 1. The van der Waals surface area contributed by atoms with Crippen molar-refractivity contribution in [3.63, 3.8) is 0 Å². The van der Waals surface area contributed by atoms with Crippen LogP contribution in [0.3, 0.4) is 0 Å². The van der Waals surface area contributed by atoms with Gasteiger partial charge in [0.25, 0.3) is 5.91 Å². The van der Waals surface area contributed by atoms with Crippen molar-refractivity contribution in [3.8, 4) is 0 Å². The molecule has 7 heteroatoms. The maximum Gasteiger partial charge on any atom is 0.319 e. The van der Waals surface area contributed by atoms with Gasteiger partial charge in [-0.05, 0) is 24.3 Å². The van der Waals surface area contributed by atoms with E-state index in [-0.39, 0.29) is 24.1 Å². The zero-order chi connectivity index (χ0) is 15.1. The molecule has 4 rings (SSSR count). The molecule has 116 valence electrons. The largest absolute Gasteiger partial charge is 0.376 e. The summed E-state index contributed by atoms with van der Waals surface area (Å²) in [5, 5.41) is 7.60. The summed E-state index contributed by atoms with van der Waals surface area (Å²) in [5.74, 6) is -0.00333. The van der Waals surface area contributed by atoms with Crippen LogP contribution in [0.1, 0.15) is 23.8 Å². The fourth-order valence-corrected chi connectivity index (χ4v) is 4.06. The molecular weight excluding hydrogens is 302 g/mol. The number of ether oxygens (including phenoxy) is 1. The van der Waals surface area contributed by atoms with Gasteiger partial charge in [0.05, 0.1) is 30.0 Å². The van der Waals surface area contributed by atoms with Crippen LogP contribution in [0, 0.1) is 0 Å². The standard InChI is InChI=1S/C15H17N3O3S/c19-14-12-10(8-18(14)7-9-3-1-5-21-9)16-15(20)17-13(12)11-4-2-6-22-11/h2,4,6,9,13H,1,3,5,7-8H2,(H2,16,17,20)/t9-,13-/m0/s1. The van der Waals surface area contributed by atoms with E-state index in [9.17, 15) is 9.59 Å². The molecule has 3 aliphatic rings. The Kier molecular flexibility index (Phi) is 3.38. The predicted octanol–water partition coefficient (Wildman–Crippen LogP) is 1.38. The number of carbonyl (C=O) groups excluding carboxylic acids is 2. The summed E-state index contributed by atoms with van der Waals surface area (Å²) >= 11 is 1.54. The first-order chi connectivity index (χ1) is 10.7. The third kappa shape index (κ3) is 2.30. The lowest BCUT2D eigenvalue weighted by Gasteiger charge is -2.24. The molecular formula is C15H17N3O3S. The minimum Gasteiger partial charge on any atom is -0.376 e. The zero-order valence-electron chi connectivity index (χ0n) is 12.0. The summed E-state index contributed by atoms with van der Waals surface area (Å²) in [4.78, 5) is 27.4. The van der Waals surface area contributed by atoms with Crippen LogP contribution in [0.2, 0.25) is 0 Å². The number of hydrogen-bond donors (Lipinski definition) is 2. The Morgan fingerprint density at radius 1 is 1.41 bits per heavy atom. The highest BCUT2D eigenvalue weighted by Gasteiger charge is 2.41. The van der Waals surface area contributed by atoms with Crippen molar-refractivity contribution in [1.82, 2.24) is 15.5 Å². The van der Waals surface area contributed by atoms with Crippen molar-refractivity contribution in [1.29, 1.82) is 0 Å². The highest BCUT2D eigenvalue weighted by molar-refractivity contribution is 7.10. The average molecular weight is 319 g/mol. The predicted molar refractivity (Wildman–Crippen MR) is 81.3 cm³/mol. The smallest absolute Gasteiger partial charge is 0.319 e. The van der Waals surface area contributed by atoms with Crippen molar-refractivity contribution in [2.75, 3.05) is 19.7 Å². The second-order valence-electron chi connectivity index (χ2n) is 5.76. The van der Waals surface area contributed by atoms with Crippen LogP contribution in [0.15, 0.2) is 28.8 Å². The van der Waals surface area contributed by atoms with Gasteiger partial charge in [-0.1, -0.05) is 6.07 Å². The van der Waals surface area contributed by atoms with E-state index in [0.717, 1.165) is 30.0 Å². The van der Waals surface area contributed by atoms with E-state index in [0.29, 0.717) is 18.7 Å². The van der Waals surface area contributed by atoms with Crippen LogP contribution in [0.5, 0.6) is 0 Å². The molecule has 2 atom stereocenters. The van der Waals surface area contributed by atoms with Gasteiger partial charge < -0.3 is 20.3 Å². The summed E-state index contributed by atoms with van der Waals surface area (Å²) in [7, 11) is 0. The number of hydrogen-bond acceptors (Lipinski definition) is 4. The van der Waals surface area contributed by atoms with Crippen LogP contribution in [0.4, 0.5) is 4.79 Å². The third-order valence-corrected chi connectivity index (χ3v) is 5.23. The molecule has 1 aromatic heterocycles. The van der Waals surface area contributed by atoms with Gasteiger partial charge in [0.1, 0.15) is 0 Å². The quantitative estimate of drug-likeness (QED) is 0.884. The second kappa shape index (κ2) is 5.40.